The average molecular weight is 456 g/mol. The van der Waals surface area contributed by atoms with Gasteiger partial charge < -0.3 is 24.3 Å². The summed E-state index contributed by atoms with van der Waals surface area (Å²) in [5.41, 5.74) is 1.21. The highest BCUT2D eigenvalue weighted by Crippen LogP contribution is 2.28. The first-order valence-corrected chi connectivity index (χ1v) is 10.5. The lowest BCUT2D eigenvalue weighted by Gasteiger charge is -2.27. The van der Waals surface area contributed by atoms with Gasteiger partial charge in [0, 0.05) is 35.2 Å². The molecule has 8 nitrogen and oxygen atoms in total. The van der Waals surface area contributed by atoms with E-state index in [4.69, 9.17) is 21.1 Å². The summed E-state index contributed by atoms with van der Waals surface area (Å²) < 4.78 is 12.2. The molecule has 1 fully saturated rings. The second kappa shape index (κ2) is 9.42. The van der Waals surface area contributed by atoms with Crippen LogP contribution in [0.25, 0.3) is 10.9 Å². The van der Waals surface area contributed by atoms with E-state index in [1.807, 2.05) is 12.1 Å². The molecule has 1 aliphatic heterocycles. The molecule has 0 unspecified atom stereocenters. The highest BCUT2D eigenvalue weighted by molar-refractivity contribution is 6.48. The lowest BCUT2D eigenvalue weighted by molar-refractivity contribution is -0.135. The number of hydrogen-bond acceptors (Lipinski definition) is 5. The molecule has 0 spiro atoms. The Morgan fingerprint density at radius 1 is 1.12 bits per heavy atom. The maximum Gasteiger partial charge on any atom is 0.296 e. The molecule has 2 aromatic carbocycles. The van der Waals surface area contributed by atoms with E-state index in [9.17, 15) is 14.4 Å². The number of amides is 2. The van der Waals surface area contributed by atoms with E-state index >= 15 is 0 Å². The number of nitrogens with zero attached hydrogens (tertiary/aromatic N) is 2. The first kappa shape index (κ1) is 21.9. The second-order valence-electron chi connectivity index (χ2n) is 7.31. The Balaban J connectivity index is 1.60. The molecular weight excluding hydrogens is 434 g/mol. The Kier molecular flexibility index (Phi) is 6.43. The van der Waals surface area contributed by atoms with Crippen LogP contribution in [0, 0.1) is 0 Å². The molecule has 1 aliphatic rings. The van der Waals surface area contributed by atoms with Gasteiger partial charge in [-0.05, 0) is 24.3 Å². The number of carbonyl (C=O) groups is 3. The third kappa shape index (κ3) is 4.46. The number of benzene rings is 2. The lowest BCUT2D eigenvalue weighted by atomic mass is 10.1. The Morgan fingerprint density at radius 2 is 1.88 bits per heavy atom. The van der Waals surface area contributed by atoms with E-state index < -0.39 is 11.7 Å². The van der Waals surface area contributed by atoms with Gasteiger partial charge in [0.15, 0.2) is 0 Å². The summed E-state index contributed by atoms with van der Waals surface area (Å²) in [5, 5.41) is 3.56. The Bertz CT molecular complexity index is 1180. The van der Waals surface area contributed by atoms with Crippen LogP contribution < -0.4 is 10.1 Å². The van der Waals surface area contributed by atoms with Crippen molar-refractivity contribution in [2.45, 2.75) is 6.54 Å². The normalized spacial score (nSPS) is 13.8. The topological polar surface area (TPSA) is 89.9 Å². The number of ether oxygens (including phenoxy) is 2. The number of hydrogen-bond donors (Lipinski definition) is 1. The molecule has 0 atom stereocenters. The number of para-hydroxylation sites is 1. The number of carbonyl (C=O) groups excluding carboxylic acids is 3. The summed E-state index contributed by atoms with van der Waals surface area (Å²) in [4.78, 5) is 40.3. The number of Topliss-reactive ketones (excluding diaryl/α,β-unsaturated/α-hetero) is 1. The van der Waals surface area contributed by atoms with Crippen molar-refractivity contribution in [2.75, 3.05) is 38.7 Å². The van der Waals surface area contributed by atoms with Gasteiger partial charge in [-0.2, -0.15) is 0 Å². The van der Waals surface area contributed by atoms with Crippen LogP contribution in [0.5, 0.6) is 5.75 Å². The largest absolute Gasteiger partial charge is 0.495 e. The van der Waals surface area contributed by atoms with Gasteiger partial charge in [-0.25, -0.2) is 0 Å². The monoisotopic (exact) mass is 455 g/mol. The van der Waals surface area contributed by atoms with Crippen molar-refractivity contribution in [1.29, 1.82) is 0 Å². The minimum atomic E-state index is -0.826. The Hall–Kier alpha value is -3.36. The third-order valence-electron chi connectivity index (χ3n) is 5.32. The maximum atomic E-state index is 13.0. The van der Waals surface area contributed by atoms with Crippen LogP contribution in [-0.2, 0) is 20.9 Å². The minimum absolute atomic E-state index is 0.0670. The third-order valence-corrected chi connectivity index (χ3v) is 5.55. The Labute approximate surface area is 189 Å². The fraction of sp³-hybridized carbons (Fsp3) is 0.261. The van der Waals surface area contributed by atoms with Crippen molar-refractivity contribution in [1.82, 2.24) is 9.47 Å². The molecule has 4 rings (SSSR count). The average Bonchev–Trinajstić information content (AvgIpc) is 3.17. The molecular formula is C23H22ClN3O5. The fourth-order valence-corrected chi connectivity index (χ4v) is 3.87. The number of morpholine rings is 1. The highest BCUT2D eigenvalue weighted by atomic mass is 35.5. The van der Waals surface area contributed by atoms with Gasteiger partial charge in [0.25, 0.3) is 11.7 Å². The van der Waals surface area contributed by atoms with Crippen molar-refractivity contribution in [2.24, 2.45) is 0 Å². The maximum absolute atomic E-state index is 13.0. The first-order chi connectivity index (χ1) is 15.5. The molecule has 32 heavy (non-hydrogen) atoms. The van der Waals surface area contributed by atoms with Gasteiger partial charge in [0.2, 0.25) is 5.91 Å². The van der Waals surface area contributed by atoms with E-state index in [0.717, 1.165) is 0 Å². The van der Waals surface area contributed by atoms with E-state index in [1.165, 1.54) is 13.2 Å². The quantitative estimate of drug-likeness (QED) is 0.456. The molecule has 166 valence electrons. The van der Waals surface area contributed by atoms with Crippen molar-refractivity contribution >= 4 is 45.8 Å². The van der Waals surface area contributed by atoms with Gasteiger partial charge >= 0.3 is 0 Å². The number of methoxy groups -OCH3 is 1. The SMILES string of the molecule is COc1ccc(Cl)cc1NC(=O)C(=O)c1cn(CC(=O)N2CCOCC2)c2ccccc12. The molecule has 3 aromatic rings. The van der Waals surface area contributed by atoms with Crippen LogP contribution in [0.1, 0.15) is 10.4 Å². The summed E-state index contributed by atoms with van der Waals surface area (Å²) in [7, 11) is 1.46. The molecule has 2 amide bonds. The van der Waals surface area contributed by atoms with Gasteiger partial charge in [0.05, 0.1) is 31.6 Å². The van der Waals surface area contributed by atoms with Crippen LogP contribution in [0.15, 0.2) is 48.7 Å². The molecule has 0 aliphatic carbocycles. The van der Waals surface area contributed by atoms with Crippen LogP contribution >= 0.6 is 11.6 Å². The Morgan fingerprint density at radius 3 is 2.62 bits per heavy atom. The highest BCUT2D eigenvalue weighted by Gasteiger charge is 2.24. The molecule has 1 saturated heterocycles. The zero-order valence-electron chi connectivity index (χ0n) is 17.5. The molecule has 0 bridgehead atoms. The van der Waals surface area contributed by atoms with Gasteiger partial charge in [0.1, 0.15) is 12.3 Å². The van der Waals surface area contributed by atoms with Crippen molar-refractivity contribution in [3.63, 3.8) is 0 Å². The number of rotatable bonds is 6. The predicted molar refractivity (Wildman–Crippen MR) is 120 cm³/mol. The molecule has 1 aromatic heterocycles. The molecule has 0 radical (unpaired) electrons. The van der Waals surface area contributed by atoms with Crippen LogP contribution in [0.4, 0.5) is 5.69 Å². The first-order valence-electron chi connectivity index (χ1n) is 10.1. The minimum Gasteiger partial charge on any atom is -0.495 e. The van der Waals surface area contributed by atoms with Crippen LogP contribution in [0.2, 0.25) is 5.02 Å². The van der Waals surface area contributed by atoms with E-state index in [1.54, 1.807) is 39.9 Å². The number of nitrogens with one attached hydrogen (secondary N) is 1. The van der Waals surface area contributed by atoms with Gasteiger partial charge in [-0.3, -0.25) is 14.4 Å². The van der Waals surface area contributed by atoms with Crippen molar-refractivity contribution in [3.8, 4) is 5.75 Å². The number of aromatic nitrogens is 1. The number of fused-ring (bicyclic) bond motifs is 1. The van der Waals surface area contributed by atoms with E-state index in [-0.39, 0.29) is 18.0 Å². The van der Waals surface area contributed by atoms with Gasteiger partial charge in [-0.1, -0.05) is 29.8 Å². The molecule has 1 N–H and O–H groups in total. The standard InChI is InChI=1S/C23H22ClN3O5/c1-31-20-7-6-15(24)12-18(20)25-23(30)22(29)17-13-27(19-5-3-2-4-16(17)19)14-21(28)26-8-10-32-11-9-26/h2-7,12-13H,8-11,14H2,1H3,(H,25,30). The smallest absolute Gasteiger partial charge is 0.296 e. The lowest BCUT2D eigenvalue weighted by Crippen LogP contribution is -2.42. The molecule has 2 heterocycles. The predicted octanol–water partition coefficient (Wildman–Crippen LogP) is 2.98. The molecule has 9 heteroatoms. The van der Waals surface area contributed by atoms with Crippen LogP contribution in [-0.4, -0.2) is 60.5 Å². The number of ketones is 1. The molecule has 0 saturated carbocycles. The zero-order valence-corrected chi connectivity index (χ0v) is 18.2. The van der Waals surface area contributed by atoms with Crippen molar-refractivity contribution in [3.05, 3.63) is 59.2 Å². The summed E-state index contributed by atoms with van der Waals surface area (Å²) >= 11 is 6.01. The summed E-state index contributed by atoms with van der Waals surface area (Å²) in [6.07, 6.45) is 1.56. The van der Waals surface area contributed by atoms with Gasteiger partial charge in [-0.15, -0.1) is 0 Å². The van der Waals surface area contributed by atoms with Crippen molar-refractivity contribution < 1.29 is 23.9 Å². The number of halogens is 1. The number of anilines is 1. The second-order valence-corrected chi connectivity index (χ2v) is 7.75. The fourth-order valence-electron chi connectivity index (χ4n) is 3.70. The van der Waals surface area contributed by atoms with E-state index in [2.05, 4.69) is 5.32 Å². The summed E-state index contributed by atoms with van der Waals surface area (Å²) in [5.74, 6) is -1.23. The zero-order chi connectivity index (χ0) is 22.7. The summed E-state index contributed by atoms with van der Waals surface area (Å²) in [6, 6.07) is 11.9. The summed E-state index contributed by atoms with van der Waals surface area (Å²) in [6.45, 7) is 2.16. The van der Waals surface area contributed by atoms with Crippen LogP contribution in [0.3, 0.4) is 0 Å². The van der Waals surface area contributed by atoms with E-state index in [0.29, 0.717) is 53.7 Å².